The van der Waals surface area contributed by atoms with Crippen LogP contribution in [0.1, 0.15) is 16.1 Å². The van der Waals surface area contributed by atoms with Crippen LogP contribution in [-0.4, -0.2) is 47.4 Å². The molecule has 0 aromatic carbocycles. The third kappa shape index (κ3) is 2.50. The van der Waals surface area contributed by atoms with E-state index < -0.39 is 0 Å². The fraction of sp³-hybridized carbons (Fsp3) is 0.600. The van der Waals surface area contributed by atoms with Crippen molar-refractivity contribution in [2.75, 3.05) is 36.7 Å². The maximum absolute atomic E-state index is 12.3. The Labute approximate surface area is 109 Å². The minimum absolute atomic E-state index is 0.0194. The molecule has 1 aromatic heterocycles. The lowest BCUT2D eigenvalue weighted by Gasteiger charge is -2.23. The van der Waals surface area contributed by atoms with Gasteiger partial charge in [-0.25, -0.2) is 4.98 Å². The molecule has 0 saturated carbocycles. The van der Waals surface area contributed by atoms with Gasteiger partial charge in [-0.3, -0.25) is 4.79 Å². The van der Waals surface area contributed by atoms with Crippen LogP contribution in [-0.2, 0) is 0 Å². The molecule has 1 atom stereocenters. The van der Waals surface area contributed by atoms with Crippen molar-refractivity contribution in [2.45, 2.75) is 12.5 Å². The lowest BCUT2D eigenvalue weighted by Crippen LogP contribution is -2.36. The van der Waals surface area contributed by atoms with Gasteiger partial charge in [0.15, 0.2) is 5.13 Å². The normalized spacial score (nSPS) is 19.3. The van der Waals surface area contributed by atoms with E-state index in [1.165, 1.54) is 11.3 Å². The standard InChI is InChI=1S/C10H16N4OS2/c1-12-10-13-8(11)7(17-10)9(15)14(2)6-3-4-16-5-6/h6H,3-5,11H2,1-2H3,(H,12,13). The van der Waals surface area contributed by atoms with Crippen molar-refractivity contribution in [1.29, 1.82) is 0 Å². The number of nitrogen functional groups attached to an aromatic ring is 1. The van der Waals surface area contributed by atoms with Crippen molar-refractivity contribution >= 4 is 40.0 Å². The third-order valence-corrected chi connectivity index (χ3v) is 5.06. The lowest BCUT2D eigenvalue weighted by molar-refractivity contribution is 0.0753. The molecule has 1 fully saturated rings. The minimum atomic E-state index is -0.0194. The molecule has 1 aliphatic rings. The predicted molar refractivity (Wildman–Crippen MR) is 73.9 cm³/mol. The van der Waals surface area contributed by atoms with E-state index in [4.69, 9.17) is 5.73 Å². The number of thioether (sulfide) groups is 1. The van der Waals surface area contributed by atoms with Crippen molar-refractivity contribution in [1.82, 2.24) is 9.88 Å². The number of hydrogen-bond donors (Lipinski definition) is 2. The topological polar surface area (TPSA) is 71.2 Å². The number of nitrogens with one attached hydrogen (secondary N) is 1. The van der Waals surface area contributed by atoms with Crippen LogP contribution in [0.3, 0.4) is 0 Å². The van der Waals surface area contributed by atoms with Crippen molar-refractivity contribution in [2.24, 2.45) is 0 Å². The highest BCUT2D eigenvalue weighted by atomic mass is 32.2. The Morgan fingerprint density at radius 2 is 2.41 bits per heavy atom. The summed E-state index contributed by atoms with van der Waals surface area (Å²) in [7, 11) is 3.61. The van der Waals surface area contributed by atoms with E-state index >= 15 is 0 Å². The molecule has 2 heterocycles. The van der Waals surface area contributed by atoms with Gasteiger partial charge < -0.3 is 16.0 Å². The summed E-state index contributed by atoms with van der Waals surface area (Å²) in [5, 5.41) is 3.58. The van der Waals surface area contributed by atoms with Gasteiger partial charge >= 0.3 is 0 Å². The molecule has 0 bridgehead atoms. The van der Waals surface area contributed by atoms with Gasteiger partial charge in [-0.2, -0.15) is 11.8 Å². The fourth-order valence-electron chi connectivity index (χ4n) is 1.75. The van der Waals surface area contributed by atoms with Crippen molar-refractivity contribution in [3.63, 3.8) is 0 Å². The molecule has 1 amide bonds. The van der Waals surface area contributed by atoms with Crippen LogP contribution in [0, 0.1) is 0 Å². The number of anilines is 2. The molecule has 0 radical (unpaired) electrons. The first-order chi connectivity index (χ1) is 8.13. The molecule has 7 heteroatoms. The minimum Gasteiger partial charge on any atom is -0.382 e. The van der Waals surface area contributed by atoms with E-state index in [0.29, 0.717) is 21.9 Å². The van der Waals surface area contributed by atoms with Gasteiger partial charge in [0.05, 0.1) is 0 Å². The fourth-order valence-corrected chi connectivity index (χ4v) is 3.83. The van der Waals surface area contributed by atoms with Crippen LogP contribution in [0.25, 0.3) is 0 Å². The van der Waals surface area contributed by atoms with Crippen LogP contribution in [0.4, 0.5) is 10.9 Å². The monoisotopic (exact) mass is 272 g/mol. The highest BCUT2D eigenvalue weighted by Crippen LogP contribution is 2.28. The number of hydrogen-bond acceptors (Lipinski definition) is 6. The van der Waals surface area contributed by atoms with Gasteiger partial charge in [0.2, 0.25) is 0 Å². The van der Waals surface area contributed by atoms with Crippen molar-refractivity contribution in [3.8, 4) is 0 Å². The first-order valence-electron chi connectivity index (χ1n) is 5.42. The van der Waals surface area contributed by atoms with E-state index in [1.807, 2.05) is 18.8 Å². The van der Waals surface area contributed by atoms with Crippen LogP contribution in [0.15, 0.2) is 0 Å². The Kier molecular flexibility index (Phi) is 3.78. The number of aromatic nitrogens is 1. The first kappa shape index (κ1) is 12.5. The van der Waals surface area contributed by atoms with Crippen LogP contribution in [0.5, 0.6) is 0 Å². The quantitative estimate of drug-likeness (QED) is 0.869. The molecule has 1 saturated heterocycles. The van der Waals surface area contributed by atoms with E-state index in [-0.39, 0.29) is 5.91 Å². The summed E-state index contributed by atoms with van der Waals surface area (Å²) in [5.41, 5.74) is 5.76. The summed E-state index contributed by atoms with van der Waals surface area (Å²) in [5.74, 6) is 2.44. The summed E-state index contributed by atoms with van der Waals surface area (Å²) < 4.78 is 0. The first-order valence-corrected chi connectivity index (χ1v) is 7.39. The average molecular weight is 272 g/mol. The average Bonchev–Trinajstić information content (AvgIpc) is 2.95. The van der Waals surface area contributed by atoms with Gasteiger partial charge in [-0.05, 0) is 12.2 Å². The molecular weight excluding hydrogens is 256 g/mol. The number of thiazole rings is 1. The summed E-state index contributed by atoms with van der Waals surface area (Å²) in [6, 6.07) is 0.326. The molecule has 17 heavy (non-hydrogen) atoms. The molecule has 1 aromatic rings. The number of carbonyl (C=O) groups excluding carboxylic acids is 1. The van der Waals surface area contributed by atoms with Gasteiger partial charge in [0.1, 0.15) is 10.7 Å². The number of nitrogens with zero attached hydrogens (tertiary/aromatic N) is 2. The summed E-state index contributed by atoms with van der Waals surface area (Å²) >= 11 is 3.20. The van der Waals surface area contributed by atoms with E-state index in [2.05, 4.69) is 10.3 Å². The smallest absolute Gasteiger partial charge is 0.267 e. The maximum atomic E-state index is 12.3. The zero-order valence-corrected chi connectivity index (χ0v) is 11.5. The Bertz CT molecular complexity index is 414. The maximum Gasteiger partial charge on any atom is 0.267 e. The second-order valence-electron chi connectivity index (χ2n) is 3.92. The van der Waals surface area contributed by atoms with Crippen LogP contribution in [0.2, 0.25) is 0 Å². The molecule has 0 aliphatic carbocycles. The Balaban J connectivity index is 2.14. The van der Waals surface area contributed by atoms with Gasteiger partial charge in [0, 0.05) is 25.9 Å². The molecular formula is C10H16N4OS2. The zero-order chi connectivity index (χ0) is 12.4. The highest BCUT2D eigenvalue weighted by Gasteiger charge is 2.27. The zero-order valence-electron chi connectivity index (χ0n) is 9.90. The Hall–Kier alpha value is -0.950. The van der Waals surface area contributed by atoms with Crippen LogP contribution < -0.4 is 11.1 Å². The highest BCUT2D eigenvalue weighted by molar-refractivity contribution is 7.99. The summed E-state index contributed by atoms with van der Waals surface area (Å²) in [4.78, 5) is 18.7. The van der Waals surface area contributed by atoms with Gasteiger partial charge in [0.25, 0.3) is 5.91 Å². The molecule has 3 N–H and O–H groups in total. The van der Waals surface area contributed by atoms with E-state index in [1.54, 1.807) is 11.9 Å². The second kappa shape index (κ2) is 5.14. The Morgan fingerprint density at radius 1 is 1.65 bits per heavy atom. The molecule has 2 rings (SSSR count). The summed E-state index contributed by atoms with van der Waals surface area (Å²) in [6.07, 6.45) is 1.06. The van der Waals surface area contributed by atoms with E-state index in [9.17, 15) is 4.79 Å². The van der Waals surface area contributed by atoms with Crippen molar-refractivity contribution < 1.29 is 4.79 Å². The Morgan fingerprint density at radius 3 is 2.94 bits per heavy atom. The lowest BCUT2D eigenvalue weighted by atomic mass is 10.2. The van der Waals surface area contributed by atoms with Gasteiger partial charge in [-0.1, -0.05) is 11.3 Å². The predicted octanol–water partition coefficient (Wildman–Crippen LogP) is 1.34. The third-order valence-electron chi connectivity index (χ3n) is 2.84. The molecule has 1 aliphatic heterocycles. The number of carbonyl (C=O) groups is 1. The molecule has 1 unspecified atom stereocenters. The SMILES string of the molecule is CNc1nc(N)c(C(=O)N(C)C2CCSC2)s1. The van der Waals surface area contributed by atoms with E-state index in [0.717, 1.165) is 17.9 Å². The van der Waals surface area contributed by atoms with Crippen molar-refractivity contribution in [3.05, 3.63) is 4.88 Å². The second-order valence-corrected chi connectivity index (χ2v) is 6.07. The number of rotatable bonds is 3. The number of nitrogens with two attached hydrogens (primary N) is 1. The van der Waals surface area contributed by atoms with Gasteiger partial charge in [-0.15, -0.1) is 0 Å². The molecule has 94 valence electrons. The number of amides is 1. The van der Waals surface area contributed by atoms with Crippen LogP contribution >= 0.6 is 23.1 Å². The summed E-state index contributed by atoms with van der Waals surface area (Å²) in [6.45, 7) is 0. The molecule has 5 nitrogen and oxygen atoms in total. The molecule has 0 spiro atoms. The largest absolute Gasteiger partial charge is 0.382 e.